The third-order valence-electron chi connectivity index (χ3n) is 5.11. The van der Waals surface area contributed by atoms with E-state index < -0.39 is 10.0 Å². The average molecular weight is 447 g/mol. The summed E-state index contributed by atoms with van der Waals surface area (Å²) in [7, 11) is -3.59. The monoisotopic (exact) mass is 446 g/mol. The van der Waals surface area contributed by atoms with E-state index in [0.717, 1.165) is 12.1 Å². The van der Waals surface area contributed by atoms with E-state index in [1.807, 2.05) is 6.92 Å². The first-order chi connectivity index (χ1) is 14.3. The first-order valence-electron chi connectivity index (χ1n) is 9.50. The highest BCUT2D eigenvalue weighted by Gasteiger charge is 2.45. The van der Waals surface area contributed by atoms with E-state index in [4.69, 9.17) is 4.74 Å². The summed E-state index contributed by atoms with van der Waals surface area (Å²) in [6.45, 7) is 6.17. The SMILES string of the molecule is C=CC(=O)NC1CC2CN(S(=O)(=O)c3ccc(Oc4cncc(C)n4)cc3)CC2S1. The maximum Gasteiger partial charge on any atom is 0.244 e. The molecule has 3 unspecified atom stereocenters. The number of hydrogen-bond donors (Lipinski definition) is 1. The van der Waals surface area contributed by atoms with Gasteiger partial charge in [0, 0.05) is 24.5 Å². The minimum atomic E-state index is -3.59. The summed E-state index contributed by atoms with van der Waals surface area (Å²) in [5.74, 6) is 0.870. The lowest BCUT2D eigenvalue weighted by Crippen LogP contribution is -2.33. The number of aromatic nitrogens is 2. The number of fused-ring (bicyclic) bond motifs is 1. The van der Waals surface area contributed by atoms with Crippen molar-refractivity contribution < 1.29 is 17.9 Å². The highest BCUT2D eigenvalue weighted by atomic mass is 32.2. The van der Waals surface area contributed by atoms with Gasteiger partial charge in [-0.3, -0.25) is 9.78 Å². The van der Waals surface area contributed by atoms with E-state index >= 15 is 0 Å². The van der Waals surface area contributed by atoms with Crippen LogP contribution in [0.2, 0.25) is 0 Å². The Balaban J connectivity index is 1.40. The molecule has 1 amide bonds. The fourth-order valence-electron chi connectivity index (χ4n) is 3.67. The highest BCUT2D eigenvalue weighted by Crippen LogP contribution is 2.43. The largest absolute Gasteiger partial charge is 0.437 e. The molecule has 1 N–H and O–H groups in total. The van der Waals surface area contributed by atoms with Crippen LogP contribution in [-0.4, -0.2) is 52.3 Å². The highest BCUT2D eigenvalue weighted by molar-refractivity contribution is 8.00. The fraction of sp³-hybridized carbons (Fsp3) is 0.350. The van der Waals surface area contributed by atoms with Crippen molar-refractivity contribution in [2.45, 2.75) is 28.9 Å². The first-order valence-corrected chi connectivity index (χ1v) is 11.9. The summed E-state index contributed by atoms with van der Waals surface area (Å²) in [6, 6.07) is 6.32. The molecule has 30 heavy (non-hydrogen) atoms. The molecule has 3 atom stereocenters. The standard InChI is InChI=1S/C20H22N4O4S2/c1-3-18(25)23-20-8-14-11-24(12-17(14)29-20)30(26,27)16-6-4-15(5-7-16)28-19-10-21-9-13(2)22-19/h3-7,9-10,14,17,20H,1,8,11-12H2,2H3,(H,23,25). The van der Waals surface area contributed by atoms with Crippen molar-refractivity contribution in [2.24, 2.45) is 5.92 Å². The molecule has 2 saturated heterocycles. The lowest BCUT2D eigenvalue weighted by molar-refractivity contribution is -0.116. The molecule has 2 aliphatic rings. The summed E-state index contributed by atoms with van der Waals surface area (Å²) in [6.07, 6.45) is 5.14. The van der Waals surface area contributed by atoms with Crippen molar-refractivity contribution in [3.8, 4) is 11.6 Å². The number of amides is 1. The normalized spacial score (nSPS) is 23.7. The lowest BCUT2D eigenvalue weighted by atomic mass is 10.1. The van der Waals surface area contributed by atoms with Gasteiger partial charge in [0.25, 0.3) is 0 Å². The van der Waals surface area contributed by atoms with Gasteiger partial charge < -0.3 is 10.1 Å². The molecule has 158 valence electrons. The average Bonchev–Trinajstić information content (AvgIpc) is 3.27. The Morgan fingerprint density at radius 1 is 1.30 bits per heavy atom. The van der Waals surface area contributed by atoms with Gasteiger partial charge in [-0.05, 0) is 49.6 Å². The molecule has 0 bridgehead atoms. The third-order valence-corrected chi connectivity index (χ3v) is 8.48. The van der Waals surface area contributed by atoms with Crippen LogP contribution in [0.4, 0.5) is 0 Å². The zero-order valence-corrected chi connectivity index (χ0v) is 18.0. The number of rotatable bonds is 6. The van der Waals surface area contributed by atoms with E-state index in [2.05, 4.69) is 21.9 Å². The Kier molecular flexibility index (Phi) is 5.81. The quantitative estimate of drug-likeness (QED) is 0.680. The number of aryl methyl sites for hydroxylation is 1. The summed E-state index contributed by atoms with van der Waals surface area (Å²) in [4.78, 5) is 20.0. The van der Waals surface area contributed by atoms with Gasteiger partial charge in [-0.1, -0.05) is 6.58 Å². The Hall–Kier alpha value is -2.43. The molecule has 10 heteroatoms. The molecule has 1 aromatic heterocycles. The van der Waals surface area contributed by atoms with Crippen LogP contribution < -0.4 is 10.1 Å². The minimum Gasteiger partial charge on any atom is -0.437 e. The maximum absolute atomic E-state index is 13.1. The smallest absolute Gasteiger partial charge is 0.244 e. The van der Waals surface area contributed by atoms with Crippen LogP contribution in [0, 0.1) is 12.8 Å². The number of hydrogen-bond acceptors (Lipinski definition) is 7. The Morgan fingerprint density at radius 3 is 2.73 bits per heavy atom. The van der Waals surface area contributed by atoms with Crippen molar-refractivity contribution in [3.63, 3.8) is 0 Å². The molecule has 0 aliphatic carbocycles. The van der Waals surface area contributed by atoms with Crippen LogP contribution in [0.3, 0.4) is 0 Å². The molecular formula is C20H22N4O4S2. The maximum atomic E-state index is 13.1. The van der Waals surface area contributed by atoms with Crippen LogP contribution in [0.15, 0.2) is 54.2 Å². The van der Waals surface area contributed by atoms with E-state index in [0.29, 0.717) is 24.7 Å². The number of nitrogens with zero attached hydrogens (tertiary/aromatic N) is 3. The van der Waals surface area contributed by atoms with Gasteiger partial charge in [0.05, 0.1) is 22.2 Å². The van der Waals surface area contributed by atoms with E-state index in [-0.39, 0.29) is 27.3 Å². The second kappa shape index (κ2) is 8.37. The van der Waals surface area contributed by atoms with Crippen molar-refractivity contribution in [1.82, 2.24) is 19.6 Å². The Labute approximate surface area is 179 Å². The van der Waals surface area contributed by atoms with Crippen LogP contribution in [0.25, 0.3) is 0 Å². The number of carbonyl (C=O) groups excluding carboxylic acids is 1. The molecule has 0 radical (unpaired) electrons. The van der Waals surface area contributed by atoms with Crippen LogP contribution in [0.1, 0.15) is 12.1 Å². The number of nitrogens with one attached hydrogen (secondary N) is 1. The van der Waals surface area contributed by atoms with Crippen LogP contribution in [-0.2, 0) is 14.8 Å². The fourth-order valence-corrected chi connectivity index (χ4v) is 6.94. The van der Waals surface area contributed by atoms with Gasteiger partial charge in [0.15, 0.2) is 0 Å². The Bertz CT molecular complexity index is 1040. The van der Waals surface area contributed by atoms with Crippen LogP contribution in [0.5, 0.6) is 11.6 Å². The molecule has 0 saturated carbocycles. The van der Waals surface area contributed by atoms with Crippen molar-refractivity contribution in [3.05, 3.63) is 55.0 Å². The zero-order chi connectivity index (χ0) is 21.3. The lowest BCUT2D eigenvalue weighted by Gasteiger charge is -2.19. The number of thioether (sulfide) groups is 1. The minimum absolute atomic E-state index is 0.0107. The molecule has 2 aromatic rings. The summed E-state index contributed by atoms with van der Waals surface area (Å²) in [5, 5.41) is 3.08. The van der Waals surface area contributed by atoms with Crippen molar-refractivity contribution in [2.75, 3.05) is 13.1 Å². The molecule has 4 rings (SSSR count). The first kappa shape index (κ1) is 20.8. The van der Waals surface area contributed by atoms with Gasteiger partial charge in [-0.15, -0.1) is 11.8 Å². The van der Waals surface area contributed by atoms with E-state index in [1.54, 1.807) is 42.2 Å². The molecule has 1 aromatic carbocycles. The van der Waals surface area contributed by atoms with Gasteiger partial charge >= 0.3 is 0 Å². The second-order valence-corrected chi connectivity index (χ2v) is 10.7. The molecular weight excluding hydrogens is 424 g/mol. The van der Waals surface area contributed by atoms with Gasteiger partial charge in [0.2, 0.25) is 21.8 Å². The van der Waals surface area contributed by atoms with E-state index in [1.165, 1.54) is 16.6 Å². The summed E-state index contributed by atoms with van der Waals surface area (Å²) >= 11 is 1.63. The van der Waals surface area contributed by atoms with Gasteiger partial charge in [-0.25, -0.2) is 13.4 Å². The predicted octanol–water partition coefficient (Wildman–Crippen LogP) is 2.33. The van der Waals surface area contributed by atoms with Crippen molar-refractivity contribution in [1.29, 1.82) is 0 Å². The predicted molar refractivity (Wildman–Crippen MR) is 114 cm³/mol. The summed E-state index contributed by atoms with van der Waals surface area (Å²) in [5.41, 5.74) is 0.732. The third kappa shape index (κ3) is 4.35. The molecule has 2 aliphatic heterocycles. The number of ether oxygens (including phenoxy) is 1. The molecule has 8 nitrogen and oxygen atoms in total. The molecule has 0 spiro atoms. The number of sulfonamides is 1. The van der Waals surface area contributed by atoms with Gasteiger partial charge in [0.1, 0.15) is 5.75 Å². The zero-order valence-electron chi connectivity index (χ0n) is 16.4. The number of carbonyl (C=O) groups is 1. The van der Waals surface area contributed by atoms with Crippen LogP contribution >= 0.6 is 11.8 Å². The Morgan fingerprint density at radius 2 is 2.07 bits per heavy atom. The molecule has 3 heterocycles. The number of benzene rings is 1. The second-order valence-electron chi connectivity index (χ2n) is 7.27. The topological polar surface area (TPSA) is 101 Å². The van der Waals surface area contributed by atoms with E-state index in [9.17, 15) is 13.2 Å². The van der Waals surface area contributed by atoms with Gasteiger partial charge in [-0.2, -0.15) is 4.31 Å². The summed E-state index contributed by atoms with van der Waals surface area (Å²) < 4.78 is 33.3. The molecule has 2 fully saturated rings. The van der Waals surface area contributed by atoms with Crippen molar-refractivity contribution >= 4 is 27.7 Å².